The molecular formula is C25H24ClFN6. The van der Waals surface area contributed by atoms with E-state index in [9.17, 15) is 4.39 Å². The minimum absolute atomic E-state index is 0.0510. The molecule has 5 rings (SSSR count). The standard InChI is InChI=1S/C25H24ClFN6/c26-21-15-19(5-7-22(21)27)30-25-20-14-18(29-10-13-33-11-1-2-12-33)6-8-23(20)31-24(32-25)17-4-3-9-28-16-17/h3-9,14-16,29H,1-2,10-13H2,(H,30,31,32). The van der Waals surface area contributed by atoms with Crippen molar-refractivity contribution in [1.82, 2.24) is 19.9 Å². The molecular weight excluding hydrogens is 439 g/mol. The van der Waals surface area contributed by atoms with E-state index in [1.54, 1.807) is 24.5 Å². The van der Waals surface area contributed by atoms with Crippen LogP contribution < -0.4 is 10.6 Å². The Kier molecular flexibility index (Phi) is 6.32. The molecule has 1 fully saturated rings. The molecule has 6 nitrogen and oxygen atoms in total. The van der Waals surface area contributed by atoms with Gasteiger partial charge < -0.3 is 15.5 Å². The highest BCUT2D eigenvalue weighted by atomic mass is 35.5. The molecule has 8 heteroatoms. The first-order valence-electron chi connectivity index (χ1n) is 11.1. The van der Waals surface area contributed by atoms with Gasteiger partial charge in [-0.1, -0.05) is 11.6 Å². The smallest absolute Gasteiger partial charge is 0.163 e. The molecule has 1 saturated heterocycles. The Hall–Kier alpha value is -3.29. The van der Waals surface area contributed by atoms with Crippen molar-refractivity contribution in [2.75, 3.05) is 36.8 Å². The third-order valence-corrected chi connectivity index (χ3v) is 6.04. The highest BCUT2D eigenvalue weighted by molar-refractivity contribution is 6.31. The van der Waals surface area contributed by atoms with Crippen LogP contribution in [0.4, 0.5) is 21.6 Å². The van der Waals surface area contributed by atoms with Crippen molar-refractivity contribution in [3.63, 3.8) is 0 Å². The van der Waals surface area contributed by atoms with Crippen molar-refractivity contribution in [3.8, 4) is 11.4 Å². The van der Waals surface area contributed by atoms with E-state index < -0.39 is 5.82 Å². The molecule has 4 aromatic rings. The van der Waals surface area contributed by atoms with Gasteiger partial charge in [-0.2, -0.15) is 0 Å². The van der Waals surface area contributed by atoms with Gasteiger partial charge in [0.05, 0.1) is 10.5 Å². The molecule has 168 valence electrons. The van der Waals surface area contributed by atoms with Crippen LogP contribution in [0.25, 0.3) is 22.3 Å². The third-order valence-electron chi connectivity index (χ3n) is 5.75. The fourth-order valence-electron chi connectivity index (χ4n) is 4.03. The molecule has 0 spiro atoms. The molecule has 2 aromatic carbocycles. The lowest BCUT2D eigenvalue weighted by molar-refractivity contribution is 0.352. The zero-order valence-electron chi connectivity index (χ0n) is 18.1. The number of hydrogen-bond acceptors (Lipinski definition) is 6. The van der Waals surface area contributed by atoms with E-state index in [1.165, 1.54) is 32.0 Å². The summed E-state index contributed by atoms with van der Waals surface area (Å²) in [6.45, 7) is 4.25. The molecule has 0 atom stereocenters. The first-order chi connectivity index (χ1) is 16.2. The van der Waals surface area contributed by atoms with Crippen LogP contribution >= 0.6 is 11.6 Å². The average Bonchev–Trinajstić information content (AvgIpc) is 3.36. The summed E-state index contributed by atoms with van der Waals surface area (Å²) in [7, 11) is 0. The number of nitrogens with one attached hydrogen (secondary N) is 2. The number of halogens is 2. The lowest BCUT2D eigenvalue weighted by Crippen LogP contribution is -2.25. The maximum Gasteiger partial charge on any atom is 0.163 e. The summed E-state index contributed by atoms with van der Waals surface area (Å²) in [5.74, 6) is 0.709. The van der Waals surface area contributed by atoms with Crippen LogP contribution in [-0.2, 0) is 0 Å². The van der Waals surface area contributed by atoms with Gasteiger partial charge >= 0.3 is 0 Å². The Morgan fingerprint density at radius 3 is 2.64 bits per heavy atom. The van der Waals surface area contributed by atoms with Crippen LogP contribution in [0.1, 0.15) is 12.8 Å². The third kappa shape index (κ3) is 5.05. The van der Waals surface area contributed by atoms with Gasteiger partial charge in [-0.15, -0.1) is 0 Å². The van der Waals surface area contributed by atoms with E-state index in [4.69, 9.17) is 21.6 Å². The Balaban J connectivity index is 1.48. The second-order valence-corrected chi connectivity index (χ2v) is 8.51. The Morgan fingerprint density at radius 1 is 1.00 bits per heavy atom. The van der Waals surface area contributed by atoms with Crippen LogP contribution in [0.3, 0.4) is 0 Å². The molecule has 3 heterocycles. The van der Waals surface area contributed by atoms with Gasteiger partial charge in [-0.25, -0.2) is 14.4 Å². The van der Waals surface area contributed by atoms with Gasteiger partial charge in [-0.05, 0) is 74.5 Å². The summed E-state index contributed by atoms with van der Waals surface area (Å²) in [5, 5.41) is 7.71. The average molecular weight is 463 g/mol. The predicted octanol–water partition coefficient (Wildman–Crippen LogP) is 5.74. The second-order valence-electron chi connectivity index (χ2n) is 8.10. The summed E-state index contributed by atoms with van der Waals surface area (Å²) >= 11 is 5.99. The van der Waals surface area contributed by atoms with E-state index in [2.05, 4.69) is 20.5 Å². The highest BCUT2D eigenvalue weighted by Crippen LogP contribution is 2.30. The molecule has 0 amide bonds. The van der Waals surface area contributed by atoms with E-state index >= 15 is 0 Å². The summed E-state index contributed by atoms with van der Waals surface area (Å²) in [4.78, 5) is 16.2. The molecule has 0 radical (unpaired) electrons. The number of rotatable bonds is 7. The molecule has 0 aliphatic carbocycles. The van der Waals surface area contributed by atoms with Crippen LogP contribution in [-0.4, -0.2) is 46.0 Å². The van der Waals surface area contributed by atoms with E-state index in [1.807, 2.05) is 30.3 Å². The zero-order valence-corrected chi connectivity index (χ0v) is 18.8. The molecule has 0 unspecified atom stereocenters. The van der Waals surface area contributed by atoms with Crippen molar-refractivity contribution < 1.29 is 4.39 Å². The topological polar surface area (TPSA) is 66.0 Å². The number of anilines is 3. The molecule has 1 aliphatic rings. The normalized spacial score (nSPS) is 14.0. The summed E-state index contributed by atoms with van der Waals surface area (Å²) < 4.78 is 13.7. The Bertz CT molecular complexity index is 1260. The van der Waals surface area contributed by atoms with Gasteiger partial charge in [-0.3, -0.25) is 4.98 Å². The summed E-state index contributed by atoms with van der Waals surface area (Å²) in [6, 6.07) is 14.3. The van der Waals surface area contributed by atoms with Crippen molar-refractivity contribution >= 4 is 39.7 Å². The number of nitrogens with zero attached hydrogens (tertiary/aromatic N) is 4. The first-order valence-corrected chi connectivity index (χ1v) is 11.4. The SMILES string of the molecule is Fc1ccc(Nc2nc(-c3cccnc3)nc3ccc(NCCN4CCCC4)cc23)cc1Cl. The summed E-state index contributed by atoms with van der Waals surface area (Å²) in [6.07, 6.45) is 6.02. The number of benzene rings is 2. The molecule has 1 aliphatic heterocycles. The van der Waals surface area contributed by atoms with Crippen molar-refractivity contribution in [3.05, 3.63) is 71.8 Å². The minimum atomic E-state index is -0.463. The number of fused-ring (bicyclic) bond motifs is 1. The summed E-state index contributed by atoms with van der Waals surface area (Å²) in [5.41, 5.74) is 3.25. The van der Waals surface area contributed by atoms with E-state index in [-0.39, 0.29) is 5.02 Å². The minimum Gasteiger partial charge on any atom is -0.384 e. The van der Waals surface area contributed by atoms with Crippen molar-refractivity contribution in [2.45, 2.75) is 12.8 Å². The lowest BCUT2D eigenvalue weighted by atomic mass is 10.1. The van der Waals surface area contributed by atoms with Crippen LogP contribution in [0.2, 0.25) is 5.02 Å². The molecule has 2 aromatic heterocycles. The fourth-order valence-corrected chi connectivity index (χ4v) is 4.21. The van der Waals surface area contributed by atoms with Crippen LogP contribution in [0.5, 0.6) is 0 Å². The van der Waals surface area contributed by atoms with Crippen LogP contribution in [0.15, 0.2) is 60.9 Å². The predicted molar refractivity (Wildman–Crippen MR) is 132 cm³/mol. The van der Waals surface area contributed by atoms with Gasteiger partial charge in [0.2, 0.25) is 0 Å². The van der Waals surface area contributed by atoms with E-state index in [0.717, 1.165) is 35.2 Å². The maximum atomic E-state index is 13.7. The number of aromatic nitrogens is 3. The van der Waals surface area contributed by atoms with Crippen LogP contribution in [0, 0.1) is 5.82 Å². The van der Waals surface area contributed by atoms with Crippen molar-refractivity contribution in [1.29, 1.82) is 0 Å². The van der Waals surface area contributed by atoms with Gasteiger partial charge in [0.25, 0.3) is 0 Å². The Labute approximate surface area is 196 Å². The maximum absolute atomic E-state index is 13.7. The number of likely N-dealkylation sites (tertiary alicyclic amines) is 1. The molecule has 33 heavy (non-hydrogen) atoms. The fraction of sp³-hybridized carbons (Fsp3) is 0.240. The first kappa shape index (κ1) is 21.6. The molecule has 0 bridgehead atoms. The van der Waals surface area contributed by atoms with Gasteiger partial charge in [0.15, 0.2) is 5.82 Å². The van der Waals surface area contributed by atoms with Gasteiger partial charge in [0, 0.05) is 47.8 Å². The lowest BCUT2D eigenvalue weighted by Gasteiger charge is -2.16. The molecule has 2 N–H and O–H groups in total. The molecule has 0 saturated carbocycles. The number of hydrogen-bond donors (Lipinski definition) is 2. The number of pyridine rings is 1. The zero-order chi connectivity index (χ0) is 22.6. The monoisotopic (exact) mass is 462 g/mol. The van der Waals surface area contributed by atoms with Crippen molar-refractivity contribution in [2.24, 2.45) is 0 Å². The second kappa shape index (κ2) is 9.68. The van der Waals surface area contributed by atoms with Gasteiger partial charge in [0.1, 0.15) is 11.6 Å². The highest BCUT2D eigenvalue weighted by Gasteiger charge is 2.13. The quantitative estimate of drug-likeness (QED) is 0.365. The van der Waals surface area contributed by atoms with E-state index in [0.29, 0.717) is 17.3 Å². The Morgan fingerprint density at radius 2 is 1.85 bits per heavy atom. The largest absolute Gasteiger partial charge is 0.384 e.